The van der Waals surface area contributed by atoms with Crippen LogP contribution in [0.3, 0.4) is 0 Å². The Hall–Kier alpha value is -3.89. The van der Waals surface area contributed by atoms with Crippen molar-refractivity contribution in [3.8, 4) is 5.75 Å². The summed E-state index contributed by atoms with van der Waals surface area (Å²) in [5.41, 5.74) is 3.57. The average Bonchev–Trinajstić information content (AvgIpc) is 3.69. The Labute approximate surface area is 243 Å². The van der Waals surface area contributed by atoms with Gasteiger partial charge in [-0.05, 0) is 60.4 Å². The van der Waals surface area contributed by atoms with Crippen LogP contribution >= 0.6 is 0 Å². The highest BCUT2D eigenvalue weighted by Gasteiger charge is 2.39. The monoisotopic (exact) mass is 572 g/mol. The zero-order chi connectivity index (χ0) is 29.0. The molecule has 4 aliphatic rings. The molecule has 1 unspecified atom stereocenters. The molecule has 0 spiro atoms. The van der Waals surface area contributed by atoms with Gasteiger partial charge in [0.05, 0.1) is 6.61 Å². The summed E-state index contributed by atoms with van der Waals surface area (Å²) in [5, 5.41) is 3.13. The van der Waals surface area contributed by atoms with Crippen LogP contribution in [0.4, 0.5) is 4.39 Å². The highest BCUT2D eigenvalue weighted by molar-refractivity contribution is 6.05. The number of likely N-dealkylation sites (tertiary alicyclic amines) is 1. The van der Waals surface area contributed by atoms with Crippen LogP contribution < -0.4 is 10.1 Å². The molecule has 42 heavy (non-hydrogen) atoms. The number of nitrogens with zero attached hydrogens (tertiary/aromatic N) is 3. The number of amides is 3. The van der Waals surface area contributed by atoms with E-state index >= 15 is 4.39 Å². The van der Waals surface area contributed by atoms with Crippen molar-refractivity contribution in [3.63, 3.8) is 0 Å². The molecular weight excluding hydrogens is 539 g/mol. The number of halogens is 1. The standard InChI is InChI=1S/C32H33FN4O5/c1-18-13-36(14-19-10-20-2-5-26(21-8-9-41-17-21)34-30(20)25(33)11-19)16-28(18)42-23-3-4-24-22(12-23)15-37(32(24)40)27-6-7-29(38)35-31(27)39/h2-5,10-12,18,21,27-28H,6-9,13-17H2,1H3,(H,35,38,39)/t18-,21+,27?,28-/m1/s1. The Kier molecular flexibility index (Phi) is 6.90. The van der Waals surface area contributed by atoms with Crippen LogP contribution in [0, 0.1) is 11.7 Å². The first-order valence-electron chi connectivity index (χ1n) is 14.7. The van der Waals surface area contributed by atoms with Gasteiger partial charge in [0.1, 0.15) is 29.2 Å². The van der Waals surface area contributed by atoms with Crippen molar-refractivity contribution in [2.45, 2.75) is 57.3 Å². The highest BCUT2D eigenvalue weighted by atomic mass is 19.1. The third kappa shape index (κ3) is 5.03. The molecule has 0 aliphatic carbocycles. The molecular formula is C32H33FN4O5. The number of aromatic nitrogens is 1. The van der Waals surface area contributed by atoms with Gasteiger partial charge in [-0.1, -0.05) is 13.0 Å². The van der Waals surface area contributed by atoms with Crippen molar-refractivity contribution >= 4 is 28.6 Å². The molecule has 2 aromatic carbocycles. The number of piperidine rings is 1. The molecule has 3 aromatic rings. The Morgan fingerprint density at radius 3 is 2.79 bits per heavy atom. The predicted octanol–water partition coefficient (Wildman–Crippen LogP) is 3.54. The molecule has 0 bridgehead atoms. The lowest BCUT2D eigenvalue weighted by Crippen LogP contribution is -2.52. The van der Waals surface area contributed by atoms with Crippen molar-refractivity contribution in [2.24, 2.45) is 5.92 Å². The summed E-state index contributed by atoms with van der Waals surface area (Å²) in [6, 6.07) is 12.4. The summed E-state index contributed by atoms with van der Waals surface area (Å²) in [5.74, 6) is -0.0695. The Bertz CT molecular complexity index is 1590. The van der Waals surface area contributed by atoms with E-state index in [0.717, 1.165) is 41.8 Å². The summed E-state index contributed by atoms with van der Waals surface area (Å²) in [4.78, 5) is 45.3. The largest absolute Gasteiger partial charge is 0.489 e. The fourth-order valence-corrected chi connectivity index (χ4v) is 6.73. The maximum absolute atomic E-state index is 15.1. The molecule has 10 heteroatoms. The molecule has 7 rings (SSSR count). The van der Waals surface area contributed by atoms with Gasteiger partial charge >= 0.3 is 0 Å². The second kappa shape index (κ2) is 10.7. The number of fused-ring (bicyclic) bond motifs is 2. The predicted molar refractivity (Wildman–Crippen MR) is 151 cm³/mol. The molecule has 0 radical (unpaired) electrons. The molecule has 4 atom stereocenters. The number of hydrogen-bond donors (Lipinski definition) is 1. The number of ether oxygens (including phenoxy) is 2. The molecule has 9 nitrogen and oxygen atoms in total. The molecule has 218 valence electrons. The molecule has 1 aromatic heterocycles. The van der Waals surface area contributed by atoms with E-state index in [0.29, 0.717) is 49.5 Å². The number of hydrogen-bond acceptors (Lipinski definition) is 7. The quantitative estimate of drug-likeness (QED) is 0.451. The fraction of sp³-hybridized carbons (Fsp3) is 0.438. The molecule has 4 aliphatic heterocycles. The van der Waals surface area contributed by atoms with Crippen LogP contribution in [0.15, 0.2) is 42.5 Å². The van der Waals surface area contributed by atoms with E-state index in [4.69, 9.17) is 9.47 Å². The summed E-state index contributed by atoms with van der Waals surface area (Å²) in [7, 11) is 0. The molecule has 1 N–H and O–H groups in total. The van der Waals surface area contributed by atoms with E-state index < -0.39 is 11.9 Å². The minimum Gasteiger partial charge on any atom is -0.489 e. The van der Waals surface area contributed by atoms with Gasteiger partial charge in [0.15, 0.2) is 0 Å². The Morgan fingerprint density at radius 1 is 1.10 bits per heavy atom. The number of imide groups is 1. The maximum Gasteiger partial charge on any atom is 0.255 e. The normalized spacial score (nSPS) is 26.2. The number of benzene rings is 2. The third-order valence-corrected chi connectivity index (χ3v) is 8.98. The van der Waals surface area contributed by atoms with E-state index in [1.54, 1.807) is 18.2 Å². The van der Waals surface area contributed by atoms with E-state index in [1.165, 1.54) is 4.90 Å². The lowest BCUT2D eigenvalue weighted by atomic mass is 10.0. The van der Waals surface area contributed by atoms with Crippen molar-refractivity contribution < 1.29 is 28.2 Å². The van der Waals surface area contributed by atoms with Crippen LogP contribution in [-0.2, 0) is 27.4 Å². The SMILES string of the molecule is C[C@@H]1CN(Cc2cc(F)c3nc([C@H]4CCOC4)ccc3c2)C[C@H]1Oc1ccc2c(c1)CN(C1CCC(=O)NC1=O)C2=O. The lowest BCUT2D eigenvalue weighted by molar-refractivity contribution is -0.136. The van der Waals surface area contributed by atoms with Crippen molar-refractivity contribution in [1.82, 2.24) is 20.1 Å². The minimum absolute atomic E-state index is 0.0606. The van der Waals surface area contributed by atoms with Crippen LogP contribution in [0.2, 0.25) is 0 Å². The topological polar surface area (TPSA) is 101 Å². The maximum atomic E-state index is 15.1. The summed E-state index contributed by atoms with van der Waals surface area (Å²) in [6.07, 6.45) is 1.41. The molecule has 3 saturated heterocycles. The van der Waals surface area contributed by atoms with Crippen LogP contribution in [0.1, 0.15) is 59.3 Å². The molecule has 3 fully saturated rings. The number of carbonyl (C=O) groups excluding carboxylic acids is 3. The van der Waals surface area contributed by atoms with Crippen LogP contribution in [0.25, 0.3) is 10.9 Å². The van der Waals surface area contributed by atoms with Crippen molar-refractivity contribution in [2.75, 3.05) is 26.3 Å². The first kappa shape index (κ1) is 27.0. The number of rotatable bonds is 6. The van der Waals surface area contributed by atoms with Crippen molar-refractivity contribution in [1.29, 1.82) is 0 Å². The van der Waals surface area contributed by atoms with Crippen LogP contribution in [-0.4, -0.2) is 71.0 Å². The number of nitrogens with one attached hydrogen (secondary N) is 1. The summed E-state index contributed by atoms with van der Waals surface area (Å²) in [6.45, 7) is 5.93. The molecule has 0 saturated carbocycles. The van der Waals surface area contributed by atoms with Gasteiger partial charge in [0.2, 0.25) is 11.8 Å². The lowest BCUT2D eigenvalue weighted by Gasteiger charge is -2.29. The molecule has 5 heterocycles. The van der Waals surface area contributed by atoms with Gasteiger partial charge in [-0.3, -0.25) is 24.6 Å². The van der Waals surface area contributed by atoms with E-state index in [-0.39, 0.29) is 42.0 Å². The zero-order valence-corrected chi connectivity index (χ0v) is 23.5. The third-order valence-electron chi connectivity index (χ3n) is 8.98. The second-order valence-corrected chi connectivity index (χ2v) is 12.0. The smallest absolute Gasteiger partial charge is 0.255 e. The highest BCUT2D eigenvalue weighted by Crippen LogP contribution is 2.33. The van der Waals surface area contributed by atoms with Gasteiger partial charge in [0.25, 0.3) is 5.91 Å². The first-order chi connectivity index (χ1) is 20.3. The molecule has 3 amide bonds. The first-order valence-corrected chi connectivity index (χ1v) is 14.7. The van der Waals surface area contributed by atoms with Gasteiger partial charge in [0, 0.05) is 67.7 Å². The van der Waals surface area contributed by atoms with E-state index in [1.807, 2.05) is 24.3 Å². The van der Waals surface area contributed by atoms with Gasteiger partial charge in [-0.15, -0.1) is 0 Å². The van der Waals surface area contributed by atoms with Crippen molar-refractivity contribution in [3.05, 3.63) is 70.7 Å². The van der Waals surface area contributed by atoms with Gasteiger partial charge in [-0.2, -0.15) is 0 Å². The van der Waals surface area contributed by atoms with Gasteiger partial charge in [-0.25, -0.2) is 9.37 Å². The number of carbonyl (C=O) groups is 3. The van der Waals surface area contributed by atoms with E-state index in [9.17, 15) is 14.4 Å². The van der Waals surface area contributed by atoms with Crippen LogP contribution in [0.5, 0.6) is 5.75 Å². The zero-order valence-electron chi connectivity index (χ0n) is 23.5. The average molecular weight is 573 g/mol. The fourth-order valence-electron chi connectivity index (χ4n) is 6.73. The van der Waals surface area contributed by atoms with E-state index in [2.05, 4.69) is 22.1 Å². The second-order valence-electron chi connectivity index (χ2n) is 12.0. The minimum atomic E-state index is -0.643. The summed E-state index contributed by atoms with van der Waals surface area (Å²) >= 11 is 0. The van der Waals surface area contributed by atoms with Gasteiger partial charge < -0.3 is 14.4 Å². The number of pyridine rings is 1. The Balaban J connectivity index is 1.00. The Morgan fingerprint density at radius 2 is 1.98 bits per heavy atom. The summed E-state index contributed by atoms with van der Waals surface area (Å²) < 4.78 is 27.0.